The molecule has 5 nitrogen and oxygen atoms in total. The van der Waals surface area contributed by atoms with Crippen LogP contribution in [0.25, 0.3) is 10.9 Å². The van der Waals surface area contributed by atoms with Crippen LogP contribution in [0.4, 0.5) is 10.1 Å². The second-order valence-electron chi connectivity index (χ2n) is 6.47. The van der Waals surface area contributed by atoms with Crippen LogP contribution in [-0.2, 0) is 4.79 Å². The molecule has 2 aromatic carbocycles. The molecule has 0 spiro atoms. The van der Waals surface area contributed by atoms with Gasteiger partial charge in [0, 0.05) is 24.0 Å². The third kappa shape index (κ3) is 4.11. The van der Waals surface area contributed by atoms with Crippen LogP contribution in [0.5, 0.6) is 0 Å². The summed E-state index contributed by atoms with van der Waals surface area (Å²) in [4.78, 5) is 30.4. The normalized spacial score (nSPS) is 10.8. The lowest BCUT2D eigenvalue weighted by atomic mass is 10.1. The number of amides is 2. The molecule has 0 aliphatic carbocycles. The van der Waals surface area contributed by atoms with Gasteiger partial charge >= 0.3 is 0 Å². The summed E-state index contributed by atoms with van der Waals surface area (Å²) in [6, 6.07) is 13.2. The van der Waals surface area contributed by atoms with Gasteiger partial charge in [0.25, 0.3) is 5.91 Å². The van der Waals surface area contributed by atoms with Gasteiger partial charge in [0.2, 0.25) is 5.91 Å². The lowest BCUT2D eigenvalue weighted by Gasteiger charge is -2.23. The molecular formula is C21H20FN3O2. The fourth-order valence-electron chi connectivity index (χ4n) is 2.95. The Kier molecular flexibility index (Phi) is 5.16. The van der Waals surface area contributed by atoms with Gasteiger partial charge in [0.1, 0.15) is 5.82 Å². The minimum atomic E-state index is -0.515. The number of aryl methyl sites for hydroxylation is 2. The van der Waals surface area contributed by atoms with Gasteiger partial charge in [0.15, 0.2) is 0 Å². The van der Waals surface area contributed by atoms with Crippen LogP contribution in [0.3, 0.4) is 0 Å². The highest BCUT2D eigenvalue weighted by Crippen LogP contribution is 2.23. The van der Waals surface area contributed by atoms with Crippen LogP contribution in [-0.4, -0.2) is 23.3 Å². The first-order valence-corrected chi connectivity index (χ1v) is 8.59. The Morgan fingerprint density at radius 2 is 1.78 bits per heavy atom. The molecule has 1 aromatic heterocycles. The fraction of sp³-hybridized carbons (Fsp3) is 0.190. The number of halogens is 1. The van der Waals surface area contributed by atoms with E-state index in [0.29, 0.717) is 16.9 Å². The van der Waals surface area contributed by atoms with Crippen molar-refractivity contribution in [3.8, 4) is 0 Å². The first kappa shape index (κ1) is 18.5. The van der Waals surface area contributed by atoms with Gasteiger partial charge < -0.3 is 10.6 Å². The number of carbonyl (C=O) groups excluding carboxylic acids is 2. The Hall–Kier alpha value is -3.28. The summed E-state index contributed by atoms with van der Waals surface area (Å²) in [6.45, 7) is 3.84. The topological polar surface area (TPSA) is 76.3 Å². The molecule has 27 heavy (non-hydrogen) atoms. The lowest BCUT2D eigenvalue weighted by molar-refractivity contribution is -0.117. The van der Waals surface area contributed by atoms with Crippen molar-refractivity contribution in [3.05, 3.63) is 71.2 Å². The summed E-state index contributed by atoms with van der Waals surface area (Å²) in [5.41, 5.74) is 8.63. The molecule has 3 rings (SSSR count). The number of hydrogen-bond donors (Lipinski definition) is 1. The first-order chi connectivity index (χ1) is 12.8. The van der Waals surface area contributed by atoms with Gasteiger partial charge in [-0.1, -0.05) is 11.6 Å². The molecule has 0 atom stereocenters. The van der Waals surface area contributed by atoms with Crippen LogP contribution in [0.15, 0.2) is 48.5 Å². The summed E-state index contributed by atoms with van der Waals surface area (Å²) in [5.74, 6) is -1.23. The van der Waals surface area contributed by atoms with E-state index in [9.17, 15) is 14.0 Å². The highest BCUT2D eigenvalue weighted by atomic mass is 19.1. The quantitative estimate of drug-likeness (QED) is 0.752. The van der Waals surface area contributed by atoms with Crippen molar-refractivity contribution in [3.63, 3.8) is 0 Å². The number of fused-ring (bicyclic) bond motifs is 1. The minimum absolute atomic E-state index is 0.00226. The van der Waals surface area contributed by atoms with Crippen LogP contribution in [0, 0.1) is 19.7 Å². The number of pyridine rings is 1. The zero-order valence-electron chi connectivity index (χ0n) is 15.2. The molecule has 0 saturated heterocycles. The first-order valence-electron chi connectivity index (χ1n) is 8.59. The Bertz CT molecular complexity index is 1020. The molecule has 1 heterocycles. The lowest BCUT2D eigenvalue weighted by Crippen LogP contribution is -2.34. The molecule has 0 saturated carbocycles. The zero-order valence-corrected chi connectivity index (χ0v) is 15.2. The number of primary amides is 1. The second kappa shape index (κ2) is 7.53. The number of nitrogens with zero attached hydrogens (tertiary/aromatic N) is 2. The van der Waals surface area contributed by atoms with Crippen molar-refractivity contribution in [1.29, 1.82) is 0 Å². The third-order valence-corrected chi connectivity index (χ3v) is 4.36. The molecule has 0 aliphatic rings. The number of nitrogens with two attached hydrogens (primary N) is 1. The Morgan fingerprint density at radius 1 is 1.07 bits per heavy atom. The average molecular weight is 365 g/mol. The summed E-state index contributed by atoms with van der Waals surface area (Å²) in [7, 11) is 0. The van der Waals surface area contributed by atoms with Crippen molar-refractivity contribution in [1.82, 2.24) is 4.98 Å². The number of rotatable bonds is 5. The monoisotopic (exact) mass is 365 g/mol. The third-order valence-electron chi connectivity index (χ3n) is 4.36. The molecule has 0 radical (unpaired) electrons. The van der Waals surface area contributed by atoms with Crippen molar-refractivity contribution in [2.24, 2.45) is 5.73 Å². The standard InChI is InChI=1S/C21H20FN3O2/c1-13-3-8-19-15(11-13)12-18(14(2)24-19)21(27)25(10-9-20(23)26)17-6-4-16(22)5-7-17/h3-8,11-12H,9-10H2,1-2H3,(H2,23,26). The molecule has 2 amide bonds. The maximum Gasteiger partial charge on any atom is 0.260 e. The highest BCUT2D eigenvalue weighted by Gasteiger charge is 2.21. The largest absolute Gasteiger partial charge is 0.370 e. The second-order valence-corrected chi connectivity index (χ2v) is 6.47. The van der Waals surface area contributed by atoms with Gasteiger partial charge in [-0.05, 0) is 56.3 Å². The number of hydrogen-bond acceptors (Lipinski definition) is 3. The van der Waals surface area contributed by atoms with E-state index in [2.05, 4.69) is 4.98 Å². The van der Waals surface area contributed by atoms with Crippen molar-refractivity contribution in [2.75, 3.05) is 11.4 Å². The molecule has 138 valence electrons. The minimum Gasteiger partial charge on any atom is -0.370 e. The molecule has 6 heteroatoms. The summed E-state index contributed by atoms with van der Waals surface area (Å²) in [6.07, 6.45) is 0.00226. The van der Waals surface area contributed by atoms with Crippen molar-refractivity contribution in [2.45, 2.75) is 20.3 Å². The molecule has 2 N–H and O–H groups in total. The van der Waals surface area contributed by atoms with Gasteiger partial charge in [-0.3, -0.25) is 14.6 Å². The number of aromatic nitrogens is 1. The molecule has 0 unspecified atom stereocenters. The summed E-state index contributed by atoms with van der Waals surface area (Å²) >= 11 is 0. The van der Waals surface area contributed by atoms with Crippen LogP contribution in [0.2, 0.25) is 0 Å². The SMILES string of the molecule is Cc1ccc2nc(C)c(C(=O)N(CCC(N)=O)c3ccc(F)cc3)cc2c1. The van der Waals surface area contributed by atoms with Gasteiger partial charge in [-0.2, -0.15) is 0 Å². The smallest absolute Gasteiger partial charge is 0.260 e. The predicted molar refractivity (Wildman–Crippen MR) is 103 cm³/mol. The van der Waals surface area contributed by atoms with Crippen LogP contribution in [0.1, 0.15) is 28.0 Å². The molecular weight excluding hydrogens is 345 g/mol. The maximum absolute atomic E-state index is 13.3. The van der Waals surface area contributed by atoms with Gasteiger partial charge in [-0.15, -0.1) is 0 Å². The fourth-order valence-corrected chi connectivity index (χ4v) is 2.95. The summed E-state index contributed by atoms with van der Waals surface area (Å²) in [5, 5.41) is 0.859. The maximum atomic E-state index is 13.3. The Labute approximate surface area is 156 Å². The van der Waals surface area contributed by atoms with E-state index in [1.54, 1.807) is 13.0 Å². The average Bonchev–Trinajstić information content (AvgIpc) is 2.62. The zero-order chi connectivity index (χ0) is 19.6. The highest BCUT2D eigenvalue weighted by molar-refractivity contribution is 6.08. The molecule has 0 fully saturated rings. The summed E-state index contributed by atoms with van der Waals surface area (Å²) < 4.78 is 13.3. The van der Waals surface area contributed by atoms with Crippen LogP contribution < -0.4 is 10.6 Å². The van der Waals surface area contributed by atoms with E-state index in [4.69, 9.17) is 5.73 Å². The van der Waals surface area contributed by atoms with Gasteiger partial charge in [0.05, 0.1) is 16.8 Å². The Balaban J connectivity index is 2.04. The number of carbonyl (C=O) groups is 2. The van der Waals surface area contributed by atoms with Crippen molar-refractivity contribution < 1.29 is 14.0 Å². The van der Waals surface area contributed by atoms with E-state index in [0.717, 1.165) is 16.5 Å². The number of benzene rings is 2. The van der Waals surface area contributed by atoms with E-state index in [-0.39, 0.29) is 18.9 Å². The predicted octanol–water partition coefficient (Wildman–Crippen LogP) is 3.51. The Morgan fingerprint density at radius 3 is 2.44 bits per heavy atom. The van der Waals surface area contributed by atoms with E-state index in [1.165, 1.54) is 29.2 Å². The van der Waals surface area contributed by atoms with E-state index >= 15 is 0 Å². The molecule has 0 aliphatic heterocycles. The molecule has 3 aromatic rings. The molecule has 0 bridgehead atoms. The van der Waals surface area contributed by atoms with Crippen LogP contribution >= 0.6 is 0 Å². The van der Waals surface area contributed by atoms with E-state index < -0.39 is 11.7 Å². The van der Waals surface area contributed by atoms with E-state index in [1.807, 2.05) is 25.1 Å². The van der Waals surface area contributed by atoms with Crippen molar-refractivity contribution >= 4 is 28.4 Å². The van der Waals surface area contributed by atoms with Gasteiger partial charge in [-0.25, -0.2) is 4.39 Å². The number of anilines is 1.